The van der Waals surface area contributed by atoms with E-state index in [9.17, 15) is 18.1 Å². The number of fused-ring (bicyclic) bond motifs is 1. The van der Waals surface area contributed by atoms with Gasteiger partial charge in [-0.3, -0.25) is 9.97 Å². The van der Waals surface area contributed by atoms with Crippen LogP contribution in [0.4, 0.5) is 4.39 Å². The van der Waals surface area contributed by atoms with Gasteiger partial charge in [-0.25, -0.2) is 17.5 Å². The Morgan fingerprint density at radius 2 is 2.10 bits per heavy atom. The van der Waals surface area contributed by atoms with E-state index in [-0.39, 0.29) is 10.9 Å². The lowest BCUT2D eigenvalue weighted by atomic mass is 9.92. The van der Waals surface area contributed by atoms with E-state index >= 15 is 0 Å². The Bertz CT molecular complexity index is 1240. The van der Waals surface area contributed by atoms with Crippen molar-refractivity contribution < 1.29 is 12.8 Å². The zero-order chi connectivity index (χ0) is 21.5. The number of hydrogen-bond donors (Lipinski definition) is 1. The molecule has 0 saturated heterocycles. The van der Waals surface area contributed by atoms with Gasteiger partial charge in [0, 0.05) is 24.5 Å². The Labute approximate surface area is 174 Å². The van der Waals surface area contributed by atoms with Crippen molar-refractivity contribution in [3.05, 3.63) is 41.7 Å². The molecule has 9 heteroatoms. The molecular formula is C21H22FN5O2S. The summed E-state index contributed by atoms with van der Waals surface area (Å²) in [4.78, 5) is 8.80. The Morgan fingerprint density at radius 1 is 1.33 bits per heavy atom. The standard InChI is InChI=1S/C21H22FN5O2S/c1-13-8-19-20(25-11-13)17(10-23)21(27(19)15-4-3-5-15)18-7-6-16(12-24-18)30(28,29)26-14(2)9-22/h6-8,11-12,14-15,26H,3-5,9H2,1-2H3/t14-/m1/s1. The predicted octanol–water partition coefficient (Wildman–Crippen LogP) is 3.64. The Hall–Kier alpha value is -2.83. The highest BCUT2D eigenvalue weighted by atomic mass is 32.2. The second-order valence-corrected chi connectivity index (χ2v) is 9.44. The molecule has 3 aromatic heterocycles. The number of nitriles is 1. The van der Waals surface area contributed by atoms with Crippen molar-refractivity contribution in [3.63, 3.8) is 0 Å². The average molecular weight is 428 g/mol. The summed E-state index contributed by atoms with van der Waals surface area (Å²) in [6, 6.07) is 6.73. The number of nitrogens with one attached hydrogen (secondary N) is 1. The van der Waals surface area contributed by atoms with Crippen molar-refractivity contribution in [3.8, 4) is 17.5 Å². The third kappa shape index (κ3) is 3.46. The molecule has 0 bridgehead atoms. The number of nitrogens with zero attached hydrogens (tertiary/aromatic N) is 4. The maximum Gasteiger partial charge on any atom is 0.242 e. The minimum Gasteiger partial charge on any atom is -0.334 e. The van der Waals surface area contributed by atoms with E-state index in [1.165, 1.54) is 19.2 Å². The second-order valence-electron chi connectivity index (χ2n) is 7.73. The van der Waals surface area contributed by atoms with Crippen molar-refractivity contribution in [1.29, 1.82) is 5.26 Å². The molecule has 1 aliphatic rings. The van der Waals surface area contributed by atoms with E-state index in [0.29, 0.717) is 22.5 Å². The first kappa shape index (κ1) is 20.4. The molecule has 30 heavy (non-hydrogen) atoms. The highest BCUT2D eigenvalue weighted by Crippen LogP contribution is 2.41. The minimum atomic E-state index is -3.87. The first-order chi connectivity index (χ1) is 14.4. The van der Waals surface area contributed by atoms with Crippen LogP contribution in [-0.2, 0) is 10.0 Å². The molecule has 4 rings (SSSR count). The largest absolute Gasteiger partial charge is 0.334 e. The number of aromatic nitrogens is 3. The van der Waals surface area contributed by atoms with Gasteiger partial charge < -0.3 is 4.57 Å². The molecule has 1 saturated carbocycles. The van der Waals surface area contributed by atoms with Gasteiger partial charge >= 0.3 is 0 Å². The summed E-state index contributed by atoms with van der Waals surface area (Å²) in [5, 5.41) is 9.87. The number of pyridine rings is 2. The fraction of sp³-hybridized carbons (Fsp3) is 0.381. The third-order valence-corrected chi connectivity index (χ3v) is 6.98. The first-order valence-electron chi connectivity index (χ1n) is 9.81. The summed E-state index contributed by atoms with van der Waals surface area (Å²) in [7, 11) is -3.87. The topological polar surface area (TPSA) is 101 Å². The summed E-state index contributed by atoms with van der Waals surface area (Å²) >= 11 is 0. The van der Waals surface area contributed by atoms with Crippen LogP contribution in [0.2, 0.25) is 0 Å². The fourth-order valence-electron chi connectivity index (χ4n) is 3.71. The minimum absolute atomic E-state index is 0.0506. The lowest BCUT2D eigenvalue weighted by Gasteiger charge is -2.30. The molecule has 0 radical (unpaired) electrons. The lowest BCUT2D eigenvalue weighted by Crippen LogP contribution is -2.34. The van der Waals surface area contributed by atoms with Gasteiger partial charge in [-0.05, 0) is 56.9 Å². The number of sulfonamides is 1. The van der Waals surface area contributed by atoms with E-state index < -0.39 is 22.7 Å². The van der Waals surface area contributed by atoms with Crippen molar-refractivity contribution in [2.45, 2.75) is 50.1 Å². The lowest BCUT2D eigenvalue weighted by molar-refractivity contribution is 0.324. The van der Waals surface area contributed by atoms with Gasteiger partial charge in [-0.1, -0.05) is 0 Å². The highest BCUT2D eigenvalue weighted by Gasteiger charge is 2.29. The molecule has 1 aliphatic carbocycles. The molecule has 1 N–H and O–H groups in total. The van der Waals surface area contributed by atoms with E-state index in [0.717, 1.165) is 30.3 Å². The number of rotatable bonds is 6. The maximum atomic E-state index is 12.7. The molecule has 0 aliphatic heterocycles. The van der Waals surface area contributed by atoms with Crippen LogP contribution in [-0.4, -0.2) is 35.7 Å². The molecule has 0 aromatic carbocycles. The van der Waals surface area contributed by atoms with Gasteiger partial charge in [0.2, 0.25) is 10.0 Å². The van der Waals surface area contributed by atoms with Gasteiger partial charge in [-0.2, -0.15) is 5.26 Å². The van der Waals surface area contributed by atoms with Crippen LogP contribution >= 0.6 is 0 Å². The van der Waals surface area contributed by atoms with E-state index in [1.54, 1.807) is 12.3 Å². The SMILES string of the molecule is Cc1cnc2c(C#N)c(-c3ccc(S(=O)(=O)N[C@H](C)CF)cn3)n(C3CCC3)c2c1. The predicted molar refractivity (Wildman–Crippen MR) is 111 cm³/mol. The Balaban J connectivity index is 1.85. The van der Waals surface area contributed by atoms with E-state index in [1.807, 2.05) is 13.0 Å². The number of hydrogen-bond acceptors (Lipinski definition) is 5. The Morgan fingerprint density at radius 3 is 2.67 bits per heavy atom. The average Bonchev–Trinajstić information content (AvgIpc) is 2.99. The van der Waals surface area contributed by atoms with Crippen LogP contribution in [0.25, 0.3) is 22.4 Å². The fourth-order valence-corrected chi connectivity index (χ4v) is 4.88. The zero-order valence-corrected chi connectivity index (χ0v) is 17.6. The summed E-state index contributed by atoms with van der Waals surface area (Å²) < 4.78 is 41.9. The summed E-state index contributed by atoms with van der Waals surface area (Å²) in [5.41, 5.74) is 4.12. The molecule has 1 atom stereocenters. The molecule has 3 aromatic rings. The first-order valence-corrected chi connectivity index (χ1v) is 11.3. The second kappa shape index (κ2) is 7.78. The van der Waals surface area contributed by atoms with Gasteiger partial charge in [-0.15, -0.1) is 0 Å². The summed E-state index contributed by atoms with van der Waals surface area (Å²) in [6.45, 7) is 2.61. The number of halogens is 1. The smallest absolute Gasteiger partial charge is 0.242 e. The van der Waals surface area contributed by atoms with Crippen molar-refractivity contribution >= 4 is 21.1 Å². The molecule has 0 spiro atoms. The molecule has 1 fully saturated rings. The molecule has 0 unspecified atom stereocenters. The zero-order valence-electron chi connectivity index (χ0n) is 16.8. The molecule has 7 nitrogen and oxygen atoms in total. The van der Waals surface area contributed by atoms with Crippen molar-refractivity contribution in [1.82, 2.24) is 19.3 Å². The van der Waals surface area contributed by atoms with E-state index in [2.05, 4.69) is 25.3 Å². The quantitative estimate of drug-likeness (QED) is 0.647. The van der Waals surface area contributed by atoms with Gasteiger partial charge in [0.05, 0.1) is 16.9 Å². The van der Waals surface area contributed by atoms with Crippen LogP contribution in [0.3, 0.4) is 0 Å². The summed E-state index contributed by atoms with van der Waals surface area (Å²) in [6.07, 6.45) is 6.11. The van der Waals surface area contributed by atoms with Crippen LogP contribution in [0.1, 0.15) is 43.4 Å². The van der Waals surface area contributed by atoms with Crippen LogP contribution in [0.5, 0.6) is 0 Å². The molecule has 156 valence electrons. The van der Waals surface area contributed by atoms with Crippen molar-refractivity contribution in [2.24, 2.45) is 0 Å². The monoisotopic (exact) mass is 427 g/mol. The maximum absolute atomic E-state index is 12.7. The molecule has 3 heterocycles. The van der Waals surface area contributed by atoms with Crippen molar-refractivity contribution in [2.75, 3.05) is 6.67 Å². The molecular weight excluding hydrogens is 405 g/mol. The number of alkyl halides is 1. The van der Waals surface area contributed by atoms with Gasteiger partial charge in [0.15, 0.2) is 0 Å². The van der Waals surface area contributed by atoms with Crippen LogP contribution in [0.15, 0.2) is 35.5 Å². The van der Waals surface area contributed by atoms with E-state index in [4.69, 9.17) is 0 Å². The number of aryl methyl sites for hydroxylation is 1. The Kier molecular flexibility index (Phi) is 5.30. The highest BCUT2D eigenvalue weighted by molar-refractivity contribution is 7.89. The van der Waals surface area contributed by atoms with Gasteiger partial charge in [0.25, 0.3) is 0 Å². The van der Waals surface area contributed by atoms with Gasteiger partial charge in [0.1, 0.15) is 28.7 Å². The van der Waals surface area contributed by atoms with Crippen LogP contribution in [0, 0.1) is 18.3 Å². The third-order valence-electron chi connectivity index (χ3n) is 5.41. The molecule has 0 amide bonds. The summed E-state index contributed by atoms with van der Waals surface area (Å²) in [5.74, 6) is 0. The normalized spacial score (nSPS) is 15.7. The van der Waals surface area contributed by atoms with Crippen LogP contribution < -0.4 is 4.72 Å².